The number of aldehydes is 1. The van der Waals surface area contributed by atoms with Gasteiger partial charge in [0.25, 0.3) is 0 Å². The molecule has 0 spiro atoms. The summed E-state index contributed by atoms with van der Waals surface area (Å²) < 4.78 is 22.3. The molecule has 4 nitrogen and oxygen atoms in total. The van der Waals surface area contributed by atoms with Gasteiger partial charge in [0.1, 0.15) is 6.29 Å². The van der Waals surface area contributed by atoms with E-state index in [0.29, 0.717) is 11.8 Å². The molecule has 15 heavy (non-hydrogen) atoms. The highest BCUT2D eigenvalue weighted by molar-refractivity contribution is 7.89. The lowest BCUT2D eigenvalue weighted by Crippen LogP contribution is -2.13. The van der Waals surface area contributed by atoms with Gasteiger partial charge in [0.2, 0.25) is 10.0 Å². The smallest absolute Gasteiger partial charge is 0.239 e. The van der Waals surface area contributed by atoms with Crippen molar-refractivity contribution < 1.29 is 13.2 Å². The molecule has 0 aromatic heterocycles. The topological polar surface area (TPSA) is 77.2 Å². The van der Waals surface area contributed by atoms with Crippen molar-refractivity contribution in [2.45, 2.75) is 11.3 Å². The summed E-state index contributed by atoms with van der Waals surface area (Å²) in [6, 6.07) is 6.13. The van der Waals surface area contributed by atoms with E-state index in [1.807, 2.05) is 0 Å². The van der Waals surface area contributed by atoms with Crippen molar-refractivity contribution in [3.05, 3.63) is 29.8 Å². The largest absolute Gasteiger partial charge is 0.302 e. The van der Waals surface area contributed by atoms with Crippen LogP contribution in [0.25, 0.3) is 0 Å². The van der Waals surface area contributed by atoms with Crippen molar-refractivity contribution in [2.24, 2.45) is 5.14 Å². The Hall–Kier alpha value is -1.64. The summed E-state index contributed by atoms with van der Waals surface area (Å²) in [5.41, 5.74) is 0.307. The third-order valence-corrected chi connectivity index (χ3v) is 2.57. The van der Waals surface area contributed by atoms with E-state index in [0.717, 1.165) is 0 Å². The normalized spacial score (nSPS) is 10.2. The van der Waals surface area contributed by atoms with E-state index in [1.165, 1.54) is 12.1 Å². The maximum Gasteiger partial charge on any atom is 0.239 e. The molecular formula is C10H9NO3S. The van der Waals surface area contributed by atoms with Crippen molar-refractivity contribution in [3.8, 4) is 11.8 Å². The van der Waals surface area contributed by atoms with Crippen LogP contribution >= 0.6 is 0 Å². The molecular weight excluding hydrogens is 214 g/mol. The van der Waals surface area contributed by atoms with Gasteiger partial charge in [0, 0.05) is 5.56 Å². The molecule has 0 fully saturated rings. The first-order valence-corrected chi connectivity index (χ1v) is 5.64. The first kappa shape index (κ1) is 11.4. The average molecular weight is 223 g/mol. The molecule has 1 rings (SSSR count). The number of nitrogens with two attached hydrogens (primary N) is 1. The number of hydrogen-bond acceptors (Lipinski definition) is 3. The lowest BCUT2D eigenvalue weighted by atomic mass is 10.2. The summed E-state index contributed by atoms with van der Waals surface area (Å²) in [5, 5.41) is 5.00. The zero-order valence-electron chi connectivity index (χ0n) is 7.80. The van der Waals surface area contributed by atoms with Gasteiger partial charge in [0.05, 0.1) is 11.3 Å². The van der Waals surface area contributed by atoms with Gasteiger partial charge in [-0.15, -0.1) is 0 Å². The molecule has 0 radical (unpaired) electrons. The Morgan fingerprint density at radius 1 is 1.33 bits per heavy atom. The molecule has 2 N–H and O–H groups in total. The molecule has 0 saturated heterocycles. The SMILES string of the molecule is NS(=O)(=O)c1ccccc1C#CCC=O. The molecule has 0 unspecified atom stereocenters. The van der Waals surface area contributed by atoms with Gasteiger partial charge in [0.15, 0.2) is 0 Å². The molecule has 0 aliphatic rings. The maximum atomic E-state index is 11.1. The summed E-state index contributed by atoms with van der Waals surface area (Å²) in [5.74, 6) is 5.11. The molecule has 0 aliphatic carbocycles. The highest BCUT2D eigenvalue weighted by Gasteiger charge is 2.10. The third kappa shape index (κ3) is 3.20. The minimum Gasteiger partial charge on any atom is -0.302 e. The highest BCUT2D eigenvalue weighted by Crippen LogP contribution is 2.11. The number of hydrogen-bond donors (Lipinski definition) is 1. The third-order valence-electron chi connectivity index (χ3n) is 1.60. The van der Waals surface area contributed by atoms with Gasteiger partial charge in [-0.1, -0.05) is 24.0 Å². The Balaban J connectivity index is 3.21. The molecule has 1 aromatic rings. The molecule has 0 heterocycles. The lowest BCUT2D eigenvalue weighted by Gasteiger charge is -1.99. The van der Waals surface area contributed by atoms with Crippen LogP contribution in [-0.4, -0.2) is 14.7 Å². The number of primary sulfonamides is 1. The van der Waals surface area contributed by atoms with Crippen LogP contribution in [0, 0.1) is 11.8 Å². The summed E-state index contributed by atoms with van der Waals surface area (Å²) in [6.07, 6.45) is 0.714. The number of sulfonamides is 1. The fourth-order valence-corrected chi connectivity index (χ4v) is 1.70. The van der Waals surface area contributed by atoms with Crippen LogP contribution in [0.4, 0.5) is 0 Å². The molecule has 0 saturated carbocycles. The molecule has 0 atom stereocenters. The Morgan fingerprint density at radius 2 is 2.00 bits per heavy atom. The van der Waals surface area contributed by atoms with Crippen LogP contribution in [0.3, 0.4) is 0 Å². The van der Waals surface area contributed by atoms with Crippen LogP contribution < -0.4 is 5.14 Å². The minimum atomic E-state index is -3.76. The quantitative estimate of drug-likeness (QED) is 0.577. The number of carbonyl (C=O) groups excluding carboxylic acids is 1. The summed E-state index contributed by atoms with van der Waals surface area (Å²) in [6.45, 7) is 0. The second-order valence-corrected chi connectivity index (χ2v) is 4.24. The van der Waals surface area contributed by atoms with Crippen LogP contribution in [0.2, 0.25) is 0 Å². The summed E-state index contributed by atoms with van der Waals surface area (Å²) in [4.78, 5) is 10.0. The second-order valence-electron chi connectivity index (χ2n) is 2.71. The van der Waals surface area contributed by atoms with E-state index in [1.54, 1.807) is 12.1 Å². The van der Waals surface area contributed by atoms with Crippen molar-refractivity contribution >= 4 is 16.3 Å². The van der Waals surface area contributed by atoms with Crippen molar-refractivity contribution in [1.29, 1.82) is 0 Å². The predicted molar refractivity (Wildman–Crippen MR) is 55.4 cm³/mol. The molecule has 0 bridgehead atoms. The van der Waals surface area contributed by atoms with Crippen LogP contribution in [0.1, 0.15) is 12.0 Å². The van der Waals surface area contributed by atoms with Gasteiger partial charge in [-0.3, -0.25) is 0 Å². The second kappa shape index (κ2) is 4.73. The lowest BCUT2D eigenvalue weighted by molar-refractivity contribution is -0.107. The van der Waals surface area contributed by atoms with Crippen molar-refractivity contribution in [1.82, 2.24) is 0 Å². The van der Waals surface area contributed by atoms with Crippen molar-refractivity contribution in [2.75, 3.05) is 0 Å². The number of rotatable bonds is 2. The van der Waals surface area contributed by atoms with Gasteiger partial charge in [-0.2, -0.15) is 0 Å². The highest BCUT2D eigenvalue weighted by atomic mass is 32.2. The molecule has 0 aliphatic heterocycles. The minimum absolute atomic E-state index is 0.0246. The Labute approximate surface area is 88.2 Å². The van der Waals surface area contributed by atoms with E-state index >= 15 is 0 Å². The van der Waals surface area contributed by atoms with Crippen LogP contribution in [0.5, 0.6) is 0 Å². The fraction of sp³-hybridized carbons (Fsp3) is 0.100. The standard InChI is InChI=1S/C10H9NO3S/c11-15(13,14)10-7-2-1-5-9(10)6-3-4-8-12/h1-2,5,7-8H,4H2,(H2,11,13,14). The predicted octanol–water partition coefficient (Wildman–Crippen LogP) is 0.275. The molecule has 78 valence electrons. The number of benzene rings is 1. The maximum absolute atomic E-state index is 11.1. The Bertz CT molecular complexity index is 523. The summed E-state index contributed by atoms with van der Waals surface area (Å²) in [7, 11) is -3.76. The molecule has 1 aromatic carbocycles. The van der Waals surface area contributed by atoms with Gasteiger partial charge in [-0.25, -0.2) is 13.6 Å². The molecule has 5 heteroatoms. The van der Waals surface area contributed by atoms with E-state index in [4.69, 9.17) is 5.14 Å². The summed E-state index contributed by atoms with van der Waals surface area (Å²) >= 11 is 0. The monoisotopic (exact) mass is 223 g/mol. The van der Waals surface area contributed by atoms with E-state index in [2.05, 4.69) is 11.8 Å². The first-order chi connectivity index (χ1) is 7.05. The van der Waals surface area contributed by atoms with Gasteiger partial charge < -0.3 is 4.79 Å². The number of carbonyl (C=O) groups is 1. The fourth-order valence-electron chi connectivity index (χ4n) is 1.01. The van der Waals surface area contributed by atoms with Crippen LogP contribution in [-0.2, 0) is 14.8 Å². The van der Waals surface area contributed by atoms with Gasteiger partial charge in [-0.05, 0) is 12.1 Å². The van der Waals surface area contributed by atoms with E-state index in [9.17, 15) is 13.2 Å². The van der Waals surface area contributed by atoms with Gasteiger partial charge >= 0.3 is 0 Å². The zero-order valence-corrected chi connectivity index (χ0v) is 8.62. The Morgan fingerprint density at radius 3 is 2.60 bits per heavy atom. The Kier molecular flexibility index (Phi) is 3.61. The van der Waals surface area contributed by atoms with Crippen molar-refractivity contribution in [3.63, 3.8) is 0 Å². The van der Waals surface area contributed by atoms with E-state index in [-0.39, 0.29) is 11.3 Å². The van der Waals surface area contributed by atoms with E-state index < -0.39 is 10.0 Å². The molecule has 0 amide bonds. The van der Waals surface area contributed by atoms with Crippen LogP contribution in [0.15, 0.2) is 29.2 Å². The average Bonchev–Trinajstić information content (AvgIpc) is 2.17. The first-order valence-electron chi connectivity index (χ1n) is 4.10. The zero-order chi connectivity index (χ0) is 11.3.